The molecule has 0 bridgehead atoms. The number of rotatable bonds is 5. The number of amides is 1. The summed E-state index contributed by atoms with van der Waals surface area (Å²) in [7, 11) is -3.28. The summed E-state index contributed by atoms with van der Waals surface area (Å²) in [6.07, 6.45) is 1.19. The maximum Gasteiger partial charge on any atom is 0.249 e. The van der Waals surface area contributed by atoms with E-state index in [2.05, 4.69) is 16.7 Å². The van der Waals surface area contributed by atoms with Crippen LogP contribution in [0.25, 0.3) is 32.9 Å². The third-order valence-electron chi connectivity index (χ3n) is 5.93. The molecule has 0 aliphatic carbocycles. The molecule has 1 radical (unpaired) electrons. The Morgan fingerprint density at radius 3 is 2.32 bits per heavy atom. The van der Waals surface area contributed by atoms with E-state index in [-0.39, 0.29) is 4.90 Å². The van der Waals surface area contributed by atoms with Gasteiger partial charge in [-0.15, -0.1) is 0 Å². The monoisotopic (exact) mass is 487 g/mol. The van der Waals surface area contributed by atoms with Crippen LogP contribution in [0.5, 0.6) is 0 Å². The molecule has 4 aromatic carbocycles. The van der Waals surface area contributed by atoms with E-state index in [0.29, 0.717) is 17.1 Å². The Morgan fingerprint density at radius 1 is 0.971 bits per heavy atom. The highest BCUT2D eigenvalue weighted by molar-refractivity contribution is 7.90. The molecule has 0 spiro atoms. The van der Waals surface area contributed by atoms with Crippen molar-refractivity contribution < 1.29 is 13.2 Å². The van der Waals surface area contributed by atoms with Crippen LogP contribution in [-0.2, 0) is 16.4 Å². The van der Waals surface area contributed by atoms with E-state index in [0.717, 1.165) is 38.5 Å². The van der Waals surface area contributed by atoms with Crippen molar-refractivity contribution in [1.82, 2.24) is 4.57 Å². The van der Waals surface area contributed by atoms with E-state index in [4.69, 9.17) is 17.3 Å². The van der Waals surface area contributed by atoms with Crippen LogP contribution in [0, 0.1) is 6.07 Å². The van der Waals surface area contributed by atoms with Crippen molar-refractivity contribution in [2.75, 3.05) is 6.26 Å². The highest BCUT2D eigenvalue weighted by Crippen LogP contribution is 2.35. The van der Waals surface area contributed by atoms with Crippen LogP contribution < -0.4 is 5.73 Å². The fourth-order valence-corrected chi connectivity index (χ4v) is 5.02. The van der Waals surface area contributed by atoms with Crippen LogP contribution in [0.15, 0.2) is 83.8 Å². The number of hydrogen-bond acceptors (Lipinski definition) is 3. The number of aromatic nitrogens is 1. The predicted octanol–water partition coefficient (Wildman–Crippen LogP) is 5.47. The molecule has 169 valence electrons. The standard InChI is InChI=1S/C27H20ClN2O3S/c1-34(32,33)21-12-5-17(6-13-21)16-30-24-4-2-3-23(27(29)31)26(24)22-14-9-19(15-25(22)30)18-7-10-20(28)11-8-18/h2-13,15H,16H2,1H3,(H2,29,31). The predicted molar refractivity (Wildman–Crippen MR) is 136 cm³/mol. The first-order valence-corrected chi connectivity index (χ1v) is 12.8. The van der Waals surface area contributed by atoms with Crippen molar-refractivity contribution >= 4 is 49.2 Å². The molecule has 5 nitrogen and oxygen atoms in total. The van der Waals surface area contributed by atoms with Crippen molar-refractivity contribution in [2.45, 2.75) is 11.4 Å². The minimum atomic E-state index is -3.28. The maximum absolute atomic E-state index is 12.2. The first kappa shape index (κ1) is 22.2. The molecule has 0 saturated carbocycles. The van der Waals surface area contributed by atoms with Crippen LogP contribution in [0.1, 0.15) is 15.9 Å². The maximum atomic E-state index is 12.2. The smallest absolute Gasteiger partial charge is 0.249 e. The third kappa shape index (κ3) is 3.95. The number of benzene rings is 4. The molecular formula is C27H20ClN2O3S. The molecule has 0 atom stereocenters. The van der Waals surface area contributed by atoms with E-state index < -0.39 is 15.7 Å². The van der Waals surface area contributed by atoms with E-state index in [9.17, 15) is 13.2 Å². The zero-order valence-electron chi connectivity index (χ0n) is 18.2. The summed E-state index contributed by atoms with van der Waals surface area (Å²) in [6.45, 7) is 0.476. The van der Waals surface area contributed by atoms with E-state index >= 15 is 0 Å². The van der Waals surface area contributed by atoms with Gasteiger partial charge in [-0.1, -0.05) is 41.9 Å². The Balaban J connectivity index is 1.73. The number of nitrogens with two attached hydrogens (primary N) is 1. The van der Waals surface area contributed by atoms with Crippen molar-refractivity contribution in [1.29, 1.82) is 0 Å². The number of sulfone groups is 1. The van der Waals surface area contributed by atoms with Gasteiger partial charge in [0.15, 0.2) is 9.84 Å². The Labute approximate surface area is 202 Å². The van der Waals surface area contributed by atoms with Gasteiger partial charge in [0, 0.05) is 34.2 Å². The lowest BCUT2D eigenvalue weighted by atomic mass is 10.0. The minimum Gasteiger partial charge on any atom is -0.366 e. The second-order valence-electron chi connectivity index (χ2n) is 8.22. The molecule has 34 heavy (non-hydrogen) atoms. The molecule has 1 aromatic heterocycles. The SMILES string of the molecule is CS(=O)(=O)c1ccc(Cn2c3cc(-c4ccc(Cl)cc4)c[c]c3c3c(C(N)=O)cccc32)cc1. The van der Waals surface area contributed by atoms with Gasteiger partial charge in [0.25, 0.3) is 0 Å². The molecule has 5 rings (SSSR count). The number of fused-ring (bicyclic) bond motifs is 3. The Morgan fingerprint density at radius 2 is 1.68 bits per heavy atom. The van der Waals surface area contributed by atoms with Gasteiger partial charge in [-0.05, 0) is 71.3 Å². The summed E-state index contributed by atoms with van der Waals surface area (Å²) < 4.78 is 25.8. The van der Waals surface area contributed by atoms with Crippen molar-refractivity contribution in [3.63, 3.8) is 0 Å². The van der Waals surface area contributed by atoms with Gasteiger partial charge in [0.1, 0.15) is 0 Å². The largest absolute Gasteiger partial charge is 0.366 e. The highest BCUT2D eigenvalue weighted by atomic mass is 35.5. The summed E-state index contributed by atoms with van der Waals surface area (Å²) >= 11 is 6.06. The lowest BCUT2D eigenvalue weighted by Gasteiger charge is -2.10. The number of primary amides is 1. The summed E-state index contributed by atoms with van der Waals surface area (Å²) in [5.74, 6) is -0.502. The molecule has 1 amide bonds. The number of carbonyl (C=O) groups excluding carboxylic acids is 1. The molecule has 2 N–H and O–H groups in total. The molecule has 1 heterocycles. The highest BCUT2D eigenvalue weighted by Gasteiger charge is 2.18. The molecule has 7 heteroatoms. The zero-order chi connectivity index (χ0) is 24.0. The number of nitrogens with zero attached hydrogens (tertiary/aromatic N) is 1. The number of carbonyl (C=O) groups is 1. The van der Waals surface area contributed by atoms with Crippen molar-refractivity contribution in [3.05, 3.63) is 101 Å². The second-order valence-corrected chi connectivity index (χ2v) is 10.7. The molecule has 0 aliphatic heterocycles. The van der Waals surface area contributed by atoms with Gasteiger partial charge in [-0.2, -0.15) is 0 Å². The van der Waals surface area contributed by atoms with Gasteiger partial charge in [0.05, 0.1) is 15.9 Å². The fourth-order valence-electron chi connectivity index (χ4n) is 4.26. The normalized spacial score (nSPS) is 11.8. The summed E-state index contributed by atoms with van der Waals surface area (Å²) in [5.41, 5.74) is 10.7. The molecule has 0 aliphatic rings. The van der Waals surface area contributed by atoms with E-state index in [1.807, 2.05) is 42.5 Å². The number of hydrogen-bond donors (Lipinski definition) is 1. The third-order valence-corrected chi connectivity index (χ3v) is 7.31. The number of halogens is 1. The zero-order valence-corrected chi connectivity index (χ0v) is 19.8. The van der Waals surface area contributed by atoms with Crippen LogP contribution >= 0.6 is 11.6 Å². The Bertz CT molecular complexity index is 1670. The van der Waals surface area contributed by atoms with Gasteiger partial charge >= 0.3 is 0 Å². The van der Waals surface area contributed by atoms with Crippen LogP contribution in [-0.4, -0.2) is 25.1 Å². The van der Waals surface area contributed by atoms with Crippen molar-refractivity contribution in [3.8, 4) is 11.1 Å². The van der Waals surface area contributed by atoms with Gasteiger partial charge in [0.2, 0.25) is 5.91 Å². The first-order valence-electron chi connectivity index (χ1n) is 10.5. The van der Waals surface area contributed by atoms with E-state index in [1.54, 1.807) is 30.3 Å². The van der Waals surface area contributed by atoms with Crippen LogP contribution in [0.4, 0.5) is 0 Å². The average molecular weight is 488 g/mol. The lowest BCUT2D eigenvalue weighted by molar-refractivity contribution is 0.100. The summed E-state index contributed by atoms with van der Waals surface area (Å²) in [6, 6.07) is 27.2. The molecule has 0 unspecified atom stereocenters. The molecule has 0 fully saturated rings. The Hall–Kier alpha value is -3.61. The summed E-state index contributed by atoms with van der Waals surface area (Å²) in [5, 5.41) is 2.21. The summed E-state index contributed by atoms with van der Waals surface area (Å²) in [4.78, 5) is 12.5. The minimum absolute atomic E-state index is 0.271. The fraction of sp³-hybridized carbons (Fsp3) is 0.0741. The van der Waals surface area contributed by atoms with Gasteiger partial charge in [-0.25, -0.2) is 8.42 Å². The second kappa shape index (κ2) is 8.31. The van der Waals surface area contributed by atoms with Crippen molar-refractivity contribution in [2.24, 2.45) is 5.73 Å². The quantitative estimate of drug-likeness (QED) is 0.357. The topological polar surface area (TPSA) is 82.2 Å². The van der Waals surface area contributed by atoms with Gasteiger partial charge < -0.3 is 10.3 Å². The average Bonchev–Trinajstić information content (AvgIpc) is 3.12. The van der Waals surface area contributed by atoms with Crippen LogP contribution in [0.3, 0.4) is 0 Å². The van der Waals surface area contributed by atoms with Gasteiger partial charge in [-0.3, -0.25) is 4.79 Å². The van der Waals surface area contributed by atoms with Crippen LogP contribution in [0.2, 0.25) is 5.02 Å². The molecular weight excluding hydrogens is 468 g/mol. The van der Waals surface area contributed by atoms with E-state index in [1.165, 1.54) is 6.26 Å². The Kier molecular flexibility index (Phi) is 5.42. The first-order chi connectivity index (χ1) is 16.2. The molecule has 0 saturated heterocycles. The molecule has 5 aromatic rings. The lowest BCUT2D eigenvalue weighted by Crippen LogP contribution is -2.11.